The Morgan fingerprint density at radius 2 is 1.74 bits per heavy atom. The molecule has 3 aromatic rings. The number of methoxy groups -OCH3 is 2. The zero-order valence-corrected chi connectivity index (χ0v) is 20.0. The number of nitrogens with one attached hydrogen (secondary N) is 1. The second-order valence-corrected chi connectivity index (χ2v) is 9.34. The van der Waals surface area contributed by atoms with Crippen LogP contribution in [-0.2, 0) is 14.5 Å². The van der Waals surface area contributed by atoms with Gasteiger partial charge in [0.05, 0.1) is 26.3 Å². The number of fused-ring (bicyclic) bond motifs is 1. The van der Waals surface area contributed by atoms with Gasteiger partial charge in [-0.1, -0.05) is 18.2 Å². The number of piperidine rings is 1. The number of benzene rings is 2. The lowest BCUT2D eigenvalue weighted by atomic mass is 9.94. The van der Waals surface area contributed by atoms with Crippen LogP contribution in [0.2, 0.25) is 0 Å². The fourth-order valence-electron chi connectivity index (χ4n) is 4.15. The van der Waals surface area contributed by atoms with Gasteiger partial charge in [-0.15, -0.1) is 0 Å². The lowest BCUT2D eigenvalue weighted by Crippen LogP contribution is -2.35. The summed E-state index contributed by atoms with van der Waals surface area (Å²) in [4.78, 5) is 11.8. The summed E-state index contributed by atoms with van der Waals surface area (Å²) in [6.07, 6.45) is 2.41. The largest absolute Gasteiger partial charge is 0.493 e. The molecule has 34 heavy (non-hydrogen) atoms. The Balaban J connectivity index is 1.61. The van der Waals surface area contributed by atoms with Gasteiger partial charge in [-0.25, -0.2) is 10.1 Å². The van der Waals surface area contributed by atoms with Crippen LogP contribution in [0.5, 0.6) is 11.5 Å². The van der Waals surface area contributed by atoms with Crippen molar-refractivity contribution in [2.75, 3.05) is 44.1 Å². The SMILES string of the molecule is COc1cc2nc(Nc3ccccc3)nc(N3CCC(CCOS(N)(=O)=O)CC3)c2cc1OC. The summed E-state index contributed by atoms with van der Waals surface area (Å²) in [5, 5.41) is 9.07. The first-order chi connectivity index (χ1) is 16.4. The van der Waals surface area contributed by atoms with Crippen molar-refractivity contribution in [3.05, 3.63) is 42.5 Å². The normalized spacial score (nSPS) is 14.9. The number of rotatable bonds is 9. The van der Waals surface area contributed by atoms with E-state index in [9.17, 15) is 8.42 Å². The minimum Gasteiger partial charge on any atom is -0.493 e. The zero-order valence-electron chi connectivity index (χ0n) is 19.2. The number of ether oxygens (including phenoxy) is 2. The van der Waals surface area contributed by atoms with Crippen LogP contribution in [0.4, 0.5) is 17.5 Å². The highest BCUT2D eigenvalue weighted by atomic mass is 32.2. The number of hydrogen-bond acceptors (Lipinski definition) is 9. The maximum Gasteiger partial charge on any atom is 0.333 e. The Morgan fingerprint density at radius 1 is 1.06 bits per heavy atom. The van der Waals surface area contributed by atoms with Crippen LogP contribution in [-0.4, -0.2) is 52.3 Å². The summed E-state index contributed by atoms with van der Waals surface area (Å²) in [7, 11) is -0.704. The van der Waals surface area contributed by atoms with E-state index in [1.807, 2.05) is 42.5 Å². The minimum absolute atomic E-state index is 0.0993. The molecule has 1 aliphatic heterocycles. The van der Waals surface area contributed by atoms with Crippen molar-refractivity contribution >= 4 is 38.7 Å². The average molecular weight is 488 g/mol. The highest BCUT2D eigenvalue weighted by Gasteiger charge is 2.24. The van der Waals surface area contributed by atoms with Crippen molar-refractivity contribution in [1.29, 1.82) is 0 Å². The standard InChI is InChI=1S/C23H29N5O5S/c1-31-20-14-18-19(15-21(20)32-2)26-23(25-17-6-4-3-5-7-17)27-22(18)28-11-8-16(9-12-28)10-13-33-34(24,29)30/h3-7,14-16H,8-13H2,1-2H3,(H2,24,29,30)(H,25,26,27). The Kier molecular flexibility index (Phi) is 7.35. The van der Waals surface area contributed by atoms with E-state index < -0.39 is 10.3 Å². The van der Waals surface area contributed by atoms with E-state index >= 15 is 0 Å². The smallest absolute Gasteiger partial charge is 0.333 e. The van der Waals surface area contributed by atoms with Crippen LogP contribution in [0.3, 0.4) is 0 Å². The summed E-state index contributed by atoms with van der Waals surface area (Å²) < 4.78 is 37.7. The van der Waals surface area contributed by atoms with Gasteiger partial charge in [-0.05, 0) is 43.4 Å². The number of aromatic nitrogens is 2. The molecule has 0 spiro atoms. The second-order valence-electron chi connectivity index (χ2n) is 8.12. The molecule has 2 aromatic carbocycles. The monoisotopic (exact) mass is 487 g/mol. The van der Waals surface area contributed by atoms with Gasteiger partial charge >= 0.3 is 10.3 Å². The molecule has 1 fully saturated rings. The van der Waals surface area contributed by atoms with Crippen molar-refractivity contribution in [3.63, 3.8) is 0 Å². The van der Waals surface area contributed by atoms with Crippen LogP contribution in [0.25, 0.3) is 10.9 Å². The molecule has 1 aromatic heterocycles. The van der Waals surface area contributed by atoms with Crippen molar-refractivity contribution in [3.8, 4) is 11.5 Å². The van der Waals surface area contributed by atoms with E-state index in [1.54, 1.807) is 14.2 Å². The van der Waals surface area contributed by atoms with Gasteiger partial charge < -0.3 is 19.7 Å². The van der Waals surface area contributed by atoms with E-state index in [-0.39, 0.29) is 6.61 Å². The van der Waals surface area contributed by atoms with Crippen molar-refractivity contribution in [2.24, 2.45) is 11.1 Å². The second kappa shape index (κ2) is 10.4. The Morgan fingerprint density at radius 3 is 2.38 bits per heavy atom. The molecule has 182 valence electrons. The summed E-state index contributed by atoms with van der Waals surface area (Å²) in [5.74, 6) is 2.85. The third kappa shape index (κ3) is 5.85. The first kappa shape index (κ1) is 24.0. The number of anilines is 3. The number of nitrogens with two attached hydrogens (primary N) is 1. The van der Waals surface area contributed by atoms with Gasteiger partial charge in [0.25, 0.3) is 0 Å². The molecule has 0 aliphatic carbocycles. The van der Waals surface area contributed by atoms with Gasteiger partial charge in [-0.3, -0.25) is 4.18 Å². The minimum atomic E-state index is -3.90. The van der Waals surface area contributed by atoms with E-state index in [1.165, 1.54) is 0 Å². The van der Waals surface area contributed by atoms with Crippen LogP contribution in [0, 0.1) is 5.92 Å². The molecule has 1 aliphatic rings. The number of nitrogens with zero attached hydrogens (tertiary/aromatic N) is 3. The molecule has 4 rings (SSSR count). The fraction of sp³-hybridized carbons (Fsp3) is 0.391. The topological polar surface area (TPSA) is 129 Å². The number of para-hydroxylation sites is 1. The fourth-order valence-corrected chi connectivity index (χ4v) is 4.48. The molecule has 0 saturated carbocycles. The van der Waals surface area contributed by atoms with Crippen molar-refractivity contribution in [1.82, 2.24) is 9.97 Å². The molecule has 3 N–H and O–H groups in total. The third-order valence-corrected chi connectivity index (χ3v) is 6.39. The first-order valence-corrected chi connectivity index (χ1v) is 12.5. The lowest BCUT2D eigenvalue weighted by Gasteiger charge is -2.33. The maximum absolute atomic E-state index is 11.0. The molecular formula is C23H29N5O5S. The molecule has 0 unspecified atom stereocenters. The van der Waals surface area contributed by atoms with Crippen LogP contribution in [0.1, 0.15) is 19.3 Å². The molecule has 0 atom stereocenters. The van der Waals surface area contributed by atoms with E-state index in [4.69, 9.17) is 28.8 Å². The van der Waals surface area contributed by atoms with Crippen LogP contribution in [0.15, 0.2) is 42.5 Å². The molecule has 11 heteroatoms. The van der Waals surface area contributed by atoms with Crippen molar-refractivity contribution < 1.29 is 22.1 Å². The quantitative estimate of drug-likeness (QED) is 0.467. The third-order valence-electron chi connectivity index (χ3n) is 5.90. The first-order valence-electron chi connectivity index (χ1n) is 11.0. The maximum atomic E-state index is 11.0. The zero-order chi connectivity index (χ0) is 24.1. The highest BCUT2D eigenvalue weighted by Crippen LogP contribution is 2.37. The van der Waals surface area contributed by atoms with E-state index in [0.29, 0.717) is 29.8 Å². The van der Waals surface area contributed by atoms with Gasteiger partial charge in [0.2, 0.25) is 5.95 Å². The van der Waals surface area contributed by atoms with E-state index in [2.05, 4.69) is 10.2 Å². The Bertz CT molecular complexity index is 1230. The molecule has 2 heterocycles. The Labute approximate surface area is 199 Å². The lowest BCUT2D eigenvalue weighted by molar-refractivity contribution is 0.262. The van der Waals surface area contributed by atoms with Gasteiger partial charge in [-0.2, -0.15) is 13.4 Å². The van der Waals surface area contributed by atoms with Gasteiger partial charge in [0.1, 0.15) is 5.82 Å². The molecule has 0 bridgehead atoms. The summed E-state index contributed by atoms with van der Waals surface area (Å²) in [6, 6.07) is 13.5. The predicted octanol–water partition coefficient (Wildman–Crippen LogP) is 3.22. The summed E-state index contributed by atoms with van der Waals surface area (Å²) in [6.45, 7) is 1.64. The molecule has 1 saturated heterocycles. The van der Waals surface area contributed by atoms with Crippen molar-refractivity contribution in [2.45, 2.75) is 19.3 Å². The molecule has 10 nitrogen and oxygen atoms in total. The highest BCUT2D eigenvalue weighted by molar-refractivity contribution is 7.84. The Hall–Kier alpha value is -3.15. The van der Waals surface area contributed by atoms with Crippen LogP contribution >= 0.6 is 0 Å². The summed E-state index contributed by atoms with van der Waals surface area (Å²) >= 11 is 0. The predicted molar refractivity (Wildman–Crippen MR) is 131 cm³/mol. The van der Waals surface area contributed by atoms with Gasteiger partial charge in [0.15, 0.2) is 11.5 Å². The molecule has 0 radical (unpaired) electrons. The average Bonchev–Trinajstić information content (AvgIpc) is 2.83. The molecular weight excluding hydrogens is 458 g/mol. The summed E-state index contributed by atoms with van der Waals surface area (Å²) in [5.41, 5.74) is 1.63. The number of hydrogen-bond donors (Lipinski definition) is 2. The molecule has 0 amide bonds. The van der Waals surface area contributed by atoms with E-state index in [0.717, 1.165) is 48.3 Å². The van der Waals surface area contributed by atoms with Gasteiger partial charge in [0, 0.05) is 30.2 Å². The van der Waals surface area contributed by atoms with Crippen LogP contribution < -0.4 is 24.8 Å².